The molecule has 1 aliphatic rings. The second-order valence-electron chi connectivity index (χ2n) is 4.24. The normalized spacial score (nSPS) is 16.1. The van der Waals surface area contributed by atoms with E-state index < -0.39 is 0 Å². The van der Waals surface area contributed by atoms with Crippen LogP contribution in [0.1, 0.15) is 0 Å². The van der Waals surface area contributed by atoms with Gasteiger partial charge in [-0.15, -0.1) is 0 Å². The lowest BCUT2D eigenvalue weighted by Crippen LogP contribution is -2.36. The predicted octanol–water partition coefficient (Wildman–Crippen LogP) is -0.118. The van der Waals surface area contributed by atoms with Crippen LogP contribution in [0, 0.1) is 5.82 Å². The minimum atomic E-state index is -0.370. The lowest BCUT2D eigenvalue weighted by atomic mass is 10.2. The van der Waals surface area contributed by atoms with E-state index in [0.717, 1.165) is 0 Å². The zero-order valence-electron chi connectivity index (χ0n) is 10.9. The Hall–Kier alpha value is -2.35. The molecule has 1 aromatic carbocycles. The first kappa shape index (κ1) is 14.1. The van der Waals surface area contributed by atoms with Crippen LogP contribution in [0.5, 0.6) is 0 Å². The summed E-state index contributed by atoms with van der Waals surface area (Å²) in [4.78, 5) is 9.40. The standard InChI is InChI=1S/C12H17FN6O/c13-9-7-8(17-12(16)18-11(14)15)1-2-10(9)19-3-5-20-6-4-19/h1-2,7H,3-6H2,(H6,14,15,16,17,18). The van der Waals surface area contributed by atoms with E-state index in [2.05, 4.69) is 9.98 Å². The van der Waals surface area contributed by atoms with Crippen LogP contribution < -0.4 is 22.1 Å². The molecular weight excluding hydrogens is 263 g/mol. The number of halogens is 1. The molecule has 0 saturated carbocycles. The molecule has 0 spiro atoms. The zero-order valence-corrected chi connectivity index (χ0v) is 10.9. The Morgan fingerprint density at radius 3 is 2.50 bits per heavy atom. The Bertz CT molecular complexity index is 535. The Labute approximate surface area is 115 Å². The van der Waals surface area contributed by atoms with Gasteiger partial charge in [-0.25, -0.2) is 9.38 Å². The third-order valence-corrected chi connectivity index (χ3v) is 2.77. The summed E-state index contributed by atoms with van der Waals surface area (Å²) in [6, 6.07) is 4.60. The molecule has 1 saturated heterocycles. The highest BCUT2D eigenvalue weighted by molar-refractivity contribution is 5.93. The Morgan fingerprint density at radius 1 is 1.20 bits per heavy atom. The summed E-state index contributed by atoms with van der Waals surface area (Å²) in [5.41, 5.74) is 16.7. The second-order valence-corrected chi connectivity index (χ2v) is 4.24. The summed E-state index contributed by atoms with van der Waals surface area (Å²) >= 11 is 0. The van der Waals surface area contributed by atoms with Gasteiger partial charge in [-0.2, -0.15) is 4.99 Å². The number of benzene rings is 1. The highest BCUT2D eigenvalue weighted by atomic mass is 19.1. The number of nitrogens with two attached hydrogens (primary N) is 3. The quantitative estimate of drug-likeness (QED) is 0.516. The predicted molar refractivity (Wildman–Crippen MR) is 76.5 cm³/mol. The van der Waals surface area contributed by atoms with Gasteiger partial charge in [-0.05, 0) is 12.1 Å². The molecule has 1 aliphatic heterocycles. The van der Waals surface area contributed by atoms with Crippen LogP contribution in [0.4, 0.5) is 15.8 Å². The van der Waals surface area contributed by atoms with Crippen molar-refractivity contribution in [1.29, 1.82) is 0 Å². The third kappa shape index (κ3) is 3.58. The maximum atomic E-state index is 14.1. The largest absolute Gasteiger partial charge is 0.378 e. The van der Waals surface area contributed by atoms with E-state index in [-0.39, 0.29) is 17.7 Å². The van der Waals surface area contributed by atoms with Crippen molar-refractivity contribution in [3.8, 4) is 0 Å². The smallest absolute Gasteiger partial charge is 0.223 e. The van der Waals surface area contributed by atoms with Crippen LogP contribution >= 0.6 is 0 Å². The number of guanidine groups is 2. The highest BCUT2D eigenvalue weighted by Crippen LogP contribution is 2.25. The minimum absolute atomic E-state index is 0.122. The monoisotopic (exact) mass is 280 g/mol. The van der Waals surface area contributed by atoms with Gasteiger partial charge in [0.05, 0.1) is 24.6 Å². The van der Waals surface area contributed by atoms with Crippen molar-refractivity contribution in [2.24, 2.45) is 27.2 Å². The Morgan fingerprint density at radius 2 is 1.90 bits per heavy atom. The van der Waals surface area contributed by atoms with Gasteiger partial charge in [0.2, 0.25) is 5.96 Å². The molecule has 0 radical (unpaired) electrons. The van der Waals surface area contributed by atoms with Crippen LogP contribution in [0.2, 0.25) is 0 Å². The molecule has 0 aliphatic carbocycles. The lowest BCUT2D eigenvalue weighted by Gasteiger charge is -2.29. The molecule has 108 valence electrons. The van der Waals surface area contributed by atoms with E-state index in [0.29, 0.717) is 37.7 Å². The van der Waals surface area contributed by atoms with E-state index in [1.807, 2.05) is 4.90 Å². The molecule has 7 nitrogen and oxygen atoms in total. The van der Waals surface area contributed by atoms with Gasteiger partial charge in [-0.3, -0.25) is 0 Å². The maximum absolute atomic E-state index is 14.1. The van der Waals surface area contributed by atoms with Gasteiger partial charge in [0, 0.05) is 19.2 Å². The summed E-state index contributed by atoms with van der Waals surface area (Å²) in [6.45, 7) is 2.51. The molecule has 20 heavy (non-hydrogen) atoms. The van der Waals surface area contributed by atoms with E-state index in [4.69, 9.17) is 21.9 Å². The van der Waals surface area contributed by atoms with Crippen LogP contribution in [-0.2, 0) is 4.74 Å². The fourth-order valence-corrected chi connectivity index (χ4v) is 1.92. The topological polar surface area (TPSA) is 115 Å². The van der Waals surface area contributed by atoms with Crippen molar-refractivity contribution in [3.05, 3.63) is 24.0 Å². The molecule has 8 heteroatoms. The highest BCUT2D eigenvalue weighted by Gasteiger charge is 2.15. The molecule has 0 amide bonds. The number of anilines is 1. The zero-order chi connectivity index (χ0) is 14.5. The van der Waals surface area contributed by atoms with E-state index in [1.54, 1.807) is 12.1 Å². The number of morpholine rings is 1. The lowest BCUT2D eigenvalue weighted by molar-refractivity contribution is 0.122. The summed E-state index contributed by atoms with van der Waals surface area (Å²) in [6.07, 6.45) is 0. The number of aliphatic imine (C=N–C) groups is 2. The van der Waals surface area contributed by atoms with E-state index in [1.165, 1.54) is 6.07 Å². The Balaban J connectivity index is 2.19. The number of rotatable bonds is 2. The maximum Gasteiger partial charge on any atom is 0.223 e. The van der Waals surface area contributed by atoms with Gasteiger partial charge in [-0.1, -0.05) is 0 Å². The van der Waals surface area contributed by atoms with Crippen molar-refractivity contribution < 1.29 is 9.13 Å². The summed E-state index contributed by atoms with van der Waals surface area (Å²) in [5.74, 6) is -0.689. The van der Waals surface area contributed by atoms with Gasteiger partial charge >= 0.3 is 0 Å². The van der Waals surface area contributed by atoms with Crippen molar-refractivity contribution in [3.63, 3.8) is 0 Å². The van der Waals surface area contributed by atoms with Gasteiger partial charge < -0.3 is 26.8 Å². The minimum Gasteiger partial charge on any atom is -0.378 e. The molecule has 0 unspecified atom stereocenters. The van der Waals surface area contributed by atoms with E-state index in [9.17, 15) is 4.39 Å². The van der Waals surface area contributed by atoms with Crippen LogP contribution in [0.25, 0.3) is 0 Å². The molecule has 2 rings (SSSR count). The number of hydrogen-bond donors (Lipinski definition) is 3. The molecule has 0 bridgehead atoms. The summed E-state index contributed by atoms with van der Waals surface area (Å²) in [7, 11) is 0. The first-order valence-corrected chi connectivity index (χ1v) is 6.12. The molecule has 0 atom stereocenters. The molecule has 1 heterocycles. The second kappa shape index (κ2) is 6.20. The van der Waals surface area contributed by atoms with Crippen molar-refractivity contribution in [2.45, 2.75) is 0 Å². The first-order chi connectivity index (χ1) is 9.56. The summed E-state index contributed by atoms with van der Waals surface area (Å²) in [5, 5.41) is 0. The van der Waals surface area contributed by atoms with E-state index >= 15 is 0 Å². The van der Waals surface area contributed by atoms with Crippen molar-refractivity contribution in [1.82, 2.24) is 0 Å². The van der Waals surface area contributed by atoms with Crippen LogP contribution in [0.15, 0.2) is 28.2 Å². The molecule has 6 N–H and O–H groups in total. The van der Waals surface area contributed by atoms with Gasteiger partial charge in [0.15, 0.2) is 5.96 Å². The molecule has 0 aromatic heterocycles. The fourth-order valence-electron chi connectivity index (χ4n) is 1.92. The fraction of sp³-hybridized carbons (Fsp3) is 0.333. The molecule has 1 fully saturated rings. The number of hydrogen-bond acceptors (Lipinski definition) is 3. The molecular formula is C12H17FN6O. The van der Waals surface area contributed by atoms with Gasteiger partial charge in [0.25, 0.3) is 0 Å². The number of nitrogens with zero attached hydrogens (tertiary/aromatic N) is 3. The van der Waals surface area contributed by atoms with Crippen LogP contribution in [-0.4, -0.2) is 38.2 Å². The van der Waals surface area contributed by atoms with Crippen molar-refractivity contribution in [2.75, 3.05) is 31.2 Å². The average Bonchev–Trinajstić information content (AvgIpc) is 2.38. The number of ether oxygens (including phenoxy) is 1. The van der Waals surface area contributed by atoms with Crippen LogP contribution in [0.3, 0.4) is 0 Å². The molecule has 1 aromatic rings. The first-order valence-electron chi connectivity index (χ1n) is 6.12. The third-order valence-electron chi connectivity index (χ3n) is 2.77. The average molecular weight is 280 g/mol. The SMILES string of the molecule is NC(N)=NC(N)=Nc1ccc(N2CCOCC2)c(F)c1. The Kier molecular flexibility index (Phi) is 4.36. The van der Waals surface area contributed by atoms with Crippen molar-refractivity contribution >= 4 is 23.3 Å². The van der Waals surface area contributed by atoms with Gasteiger partial charge in [0.1, 0.15) is 5.82 Å². The summed E-state index contributed by atoms with van der Waals surface area (Å²) < 4.78 is 19.3.